The summed E-state index contributed by atoms with van der Waals surface area (Å²) in [6.07, 6.45) is -2.16. The molecule has 0 aliphatic rings. The zero-order chi connectivity index (χ0) is 16.7. The van der Waals surface area contributed by atoms with Crippen LogP contribution in [0, 0.1) is 5.82 Å². The minimum Gasteiger partial charge on any atom is -0.479 e. The molecule has 22 heavy (non-hydrogen) atoms. The predicted molar refractivity (Wildman–Crippen MR) is 74.6 cm³/mol. The first-order valence-electron chi connectivity index (χ1n) is 6.48. The molecule has 0 heterocycles. The molecular formula is C14H17FN2O5. The highest BCUT2D eigenvalue weighted by Gasteiger charge is 2.24. The number of halogens is 1. The van der Waals surface area contributed by atoms with E-state index in [0.717, 1.165) is 0 Å². The highest BCUT2D eigenvalue weighted by Crippen LogP contribution is 2.13. The molecule has 0 aromatic heterocycles. The Morgan fingerprint density at radius 1 is 1.09 bits per heavy atom. The molecule has 1 rings (SSSR count). The van der Waals surface area contributed by atoms with Crippen LogP contribution in [0.15, 0.2) is 24.3 Å². The summed E-state index contributed by atoms with van der Waals surface area (Å²) < 4.78 is 22.9. The Bertz CT molecular complexity index is 547. The lowest BCUT2D eigenvalue weighted by Gasteiger charge is -2.17. The smallest absolute Gasteiger partial charge is 0.347 e. The van der Waals surface area contributed by atoms with Crippen LogP contribution in [0.1, 0.15) is 13.8 Å². The molecule has 3 amide bonds. The number of urea groups is 1. The van der Waals surface area contributed by atoms with E-state index in [9.17, 15) is 18.8 Å². The first kappa shape index (κ1) is 17.4. The minimum absolute atomic E-state index is 0.285. The molecule has 0 saturated heterocycles. The maximum Gasteiger partial charge on any atom is 0.347 e. The maximum atomic E-state index is 12.8. The van der Waals surface area contributed by atoms with Crippen LogP contribution < -0.4 is 15.4 Å². The number of carbonyl (C=O) groups excluding carboxylic acids is 3. The van der Waals surface area contributed by atoms with Gasteiger partial charge in [0.05, 0.1) is 0 Å². The van der Waals surface area contributed by atoms with E-state index in [2.05, 4.69) is 5.32 Å². The Hall–Kier alpha value is -2.64. The molecule has 0 radical (unpaired) electrons. The second-order valence-electron chi connectivity index (χ2n) is 4.36. The van der Waals surface area contributed by atoms with Crippen molar-refractivity contribution >= 4 is 17.9 Å². The Balaban J connectivity index is 2.51. The van der Waals surface area contributed by atoms with E-state index in [1.165, 1.54) is 45.2 Å². The van der Waals surface area contributed by atoms with E-state index in [1.54, 1.807) is 0 Å². The van der Waals surface area contributed by atoms with E-state index in [0.29, 0.717) is 0 Å². The molecule has 1 aromatic carbocycles. The van der Waals surface area contributed by atoms with Crippen LogP contribution in [0.25, 0.3) is 0 Å². The van der Waals surface area contributed by atoms with Crippen molar-refractivity contribution < 1.29 is 28.2 Å². The quantitative estimate of drug-likeness (QED) is 0.791. The second kappa shape index (κ2) is 7.96. The maximum absolute atomic E-state index is 12.8. The molecule has 0 spiro atoms. The molecule has 0 aliphatic heterocycles. The number of benzene rings is 1. The molecule has 0 saturated carbocycles. The molecule has 2 atom stereocenters. The summed E-state index contributed by atoms with van der Waals surface area (Å²) in [7, 11) is 1.35. The summed E-state index contributed by atoms with van der Waals surface area (Å²) in [5.41, 5.74) is 0. The number of carbonyl (C=O) groups is 3. The average Bonchev–Trinajstić information content (AvgIpc) is 2.49. The molecule has 8 heteroatoms. The van der Waals surface area contributed by atoms with Crippen LogP contribution in [0.4, 0.5) is 9.18 Å². The molecule has 120 valence electrons. The van der Waals surface area contributed by atoms with E-state index >= 15 is 0 Å². The number of rotatable bonds is 5. The molecule has 7 nitrogen and oxygen atoms in total. The molecular weight excluding hydrogens is 295 g/mol. The summed E-state index contributed by atoms with van der Waals surface area (Å²) >= 11 is 0. The monoisotopic (exact) mass is 312 g/mol. The van der Waals surface area contributed by atoms with Crippen LogP contribution >= 0.6 is 0 Å². The third-order valence-corrected chi connectivity index (χ3v) is 2.58. The van der Waals surface area contributed by atoms with Crippen molar-refractivity contribution in [2.75, 3.05) is 7.05 Å². The summed E-state index contributed by atoms with van der Waals surface area (Å²) in [6.45, 7) is 2.75. The third kappa shape index (κ3) is 5.39. The minimum atomic E-state index is -1.16. The summed E-state index contributed by atoms with van der Waals surface area (Å²) in [4.78, 5) is 34.3. The highest BCUT2D eigenvalue weighted by atomic mass is 19.1. The van der Waals surface area contributed by atoms with Gasteiger partial charge < -0.3 is 14.8 Å². The summed E-state index contributed by atoms with van der Waals surface area (Å²) in [6, 6.07) is 4.39. The van der Waals surface area contributed by atoms with Crippen molar-refractivity contribution in [3.63, 3.8) is 0 Å². The lowest BCUT2D eigenvalue weighted by molar-refractivity contribution is -0.160. The number of imide groups is 1. The highest BCUT2D eigenvalue weighted by molar-refractivity contribution is 5.97. The third-order valence-electron chi connectivity index (χ3n) is 2.58. The van der Waals surface area contributed by atoms with Gasteiger partial charge in [-0.1, -0.05) is 0 Å². The van der Waals surface area contributed by atoms with Gasteiger partial charge in [0, 0.05) is 7.05 Å². The summed E-state index contributed by atoms with van der Waals surface area (Å²) in [5, 5.41) is 4.18. The second-order valence-corrected chi connectivity index (χ2v) is 4.36. The van der Waals surface area contributed by atoms with Crippen molar-refractivity contribution in [3.05, 3.63) is 30.1 Å². The normalized spacial score (nSPS) is 12.7. The van der Waals surface area contributed by atoms with Gasteiger partial charge in [-0.15, -0.1) is 0 Å². The van der Waals surface area contributed by atoms with Gasteiger partial charge in [0.1, 0.15) is 11.6 Å². The fourth-order valence-electron chi connectivity index (χ4n) is 1.36. The van der Waals surface area contributed by atoms with Gasteiger partial charge in [-0.3, -0.25) is 10.1 Å². The number of esters is 1. The Morgan fingerprint density at radius 3 is 2.23 bits per heavy atom. The Kier molecular flexibility index (Phi) is 6.30. The summed E-state index contributed by atoms with van der Waals surface area (Å²) in [5.74, 6) is -1.69. The van der Waals surface area contributed by atoms with Gasteiger partial charge in [-0.2, -0.15) is 0 Å². The Morgan fingerprint density at radius 2 is 1.68 bits per heavy atom. The van der Waals surface area contributed by atoms with Crippen molar-refractivity contribution in [2.45, 2.75) is 26.1 Å². The fourth-order valence-corrected chi connectivity index (χ4v) is 1.36. The largest absolute Gasteiger partial charge is 0.479 e. The van der Waals surface area contributed by atoms with Gasteiger partial charge in [0.2, 0.25) is 0 Å². The molecule has 2 N–H and O–H groups in total. The first-order chi connectivity index (χ1) is 10.3. The van der Waals surface area contributed by atoms with Gasteiger partial charge in [0.15, 0.2) is 12.2 Å². The lowest BCUT2D eigenvalue weighted by Crippen LogP contribution is -2.44. The van der Waals surface area contributed by atoms with Crippen molar-refractivity contribution in [3.8, 4) is 5.75 Å². The standard InChI is InChI=1S/C14H17FN2O5/c1-8(12(18)17-14(20)16-3)22-13(19)9(2)21-11-6-4-10(15)5-7-11/h4-9H,1-3H3,(H2,16,17,18,20)/t8-,9-/m1/s1. The zero-order valence-corrected chi connectivity index (χ0v) is 12.4. The van der Waals surface area contributed by atoms with E-state index in [1.807, 2.05) is 5.32 Å². The Labute approximate surface area is 126 Å². The van der Waals surface area contributed by atoms with Crippen LogP contribution in [0.3, 0.4) is 0 Å². The topological polar surface area (TPSA) is 93.7 Å². The van der Waals surface area contributed by atoms with Crippen LogP contribution in [-0.2, 0) is 14.3 Å². The van der Waals surface area contributed by atoms with Crippen LogP contribution in [0.5, 0.6) is 5.75 Å². The van der Waals surface area contributed by atoms with Crippen molar-refractivity contribution in [2.24, 2.45) is 0 Å². The van der Waals surface area contributed by atoms with Gasteiger partial charge in [-0.25, -0.2) is 14.0 Å². The number of hydrogen-bond acceptors (Lipinski definition) is 5. The van der Waals surface area contributed by atoms with Crippen LogP contribution in [-0.4, -0.2) is 37.2 Å². The lowest BCUT2D eigenvalue weighted by atomic mass is 10.3. The molecule has 1 aromatic rings. The number of ether oxygens (including phenoxy) is 2. The van der Waals surface area contributed by atoms with Gasteiger partial charge >= 0.3 is 12.0 Å². The first-order valence-corrected chi connectivity index (χ1v) is 6.48. The number of amides is 3. The van der Waals surface area contributed by atoms with Crippen molar-refractivity contribution in [1.29, 1.82) is 0 Å². The number of nitrogens with one attached hydrogen (secondary N) is 2. The van der Waals surface area contributed by atoms with Gasteiger partial charge in [0.25, 0.3) is 5.91 Å². The molecule has 0 fully saturated rings. The van der Waals surface area contributed by atoms with Gasteiger partial charge in [-0.05, 0) is 38.1 Å². The zero-order valence-electron chi connectivity index (χ0n) is 12.4. The van der Waals surface area contributed by atoms with Crippen LogP contribution in [0.2, 0.25) is 0 Å². The average molecular weight is 312 g/mol. The molecule has 0 aliphatic carbocycles. The van der Waals surface area contributed by atoms with Crippen molar-refractivity contribution in [1.82, 2.24) is 10.6 Å². The number of hydrogen-bond donors (Lipinski definition) is 2. The molecule has 0 bridgehead atoms. The SMILES string of the molecule is CNC(=O)NC(=O)[C@@H](C)OC(=O)[C@@H](C)Oc1ccc(F)cc1. The van der Waals surface area contributed by atoms with E-state index in [-0.39, 0.29) is 5.75 Å². The molecule has 0 unspecified atom stereocenters. The predicted octanol–water partition coefficient (Wildman–Crippen LogP) is 0.980. The van der Waals surface area contributed by atoms with E-state index in [4.69, 9.17) is 9.47 Å². The van der Waals surface area contributed by atoms with E-state index < -0.39 is 35.9 Å². The fraction of sp³-hybridized carbons (Fsp3) is 0.357.